The Morgan fingerprint density at radius 3 is 2.74 bits per heavy atom. The van der Waals surface area contributed by atoms with E-state index in [1.165, 1.54) is 43.2 Å². The van der Waals surface area contributed by atoms with Crippen LogP contribution < -0.4 is 0 Å². The molecule has 3 heteroatoms. The summed E-state index contributed by atoms with van der Waals surface area (Å²) in [5.74, 6) is 1.06. The molecule has 0 aliphatic rings. The monoisotopic (exact) mass is 368 g/mol. The van der Waals surface area contributed by atoms with E-state index in [-0.39, 0.29) is 0 Å². The highest BCUT2D eigenvalue weighted by atomic mass is 127. The molecule has 0 bridgehead atoms. The molecule has 2 nitrogen and oxygen atoms in total. The molecule has 1 aromatic heterocycles. The molecule has 0 aliphatic carbocycles. The molecule has 0 saturated heterocycles. The quantitative estimate of drug-likeness (QED) is 0.528. The maximum absolute atomic E-state index is 4.58. The normalized spacial score (nSPS) is 10.9. The number of imidazole rings is 1. The first-order chi connectivity index (χ1) is 9.20. The second-order valence-corrected chi connectivity index (χ2v) is 6.11. The number of aromatic nitrogens is 2. The van der Waals surface area contributed by atoms with Gasteiger partial charge in [-0.2, -0.15) is 0 Å². The lowest BCUT2D eigenvalue weighted by atomic mass is 10.0. The summed E-state index contributed by atoms with van der Waals surface area (Å²) >= 11 is 2.26. The van der Waals surface area contributed by atoms with Crippen LogP contribution in [-0.4, -0.2) is 9.55 Å². The second-order valence-electron chi connectivity index (χ2n) is 5.01. The molecule has 0 saturated carbocycles. The molecule has 0 unspecified atom stereocenters. The molecule has 0 atom stereocenters. The molecular formula is C16H21IN2. The summed E-state index contributed by atoms with van der Waals surface area (Å²) in [5.41, 5.74) is 2.64. The van der Waals surface area contributed by atoms with Crippen molar-refractivity contribution in [3.63, 3.8) is 0 Å². The van der Waals surface area contributed by atoms with Gasteiger partial charge in [-0.1, -0.05) is 44.4 Å². The summed E-state index contributed by atoms with van der Waals surface area (Å²) in [4.78, 5) is 4.58. The predicted octanol–water partition coefficient (Wildman–Crippen LogP) is 4.81. The smallest absolute Gasteiger partial charge is 0.140 e. The number of nitrogens with zero attached hydrogens (tertiary/aromatic N) is 2. The van der Waals surface area contributed by atoms with Gasteiger partial charge in [0.25, 0.3) is 0 Å². The predicted molar refractivity (Wildman–Crippen MR) is 89.2 cm³/mol. The topological polar surface area (TPSA) is 17.8 Å². The molecule has 0 amide bonds. The maximum Gasteiger partial charge on any atom is 0.140 e. The molecule has 0 N–H and O–H groups in total. The van der Waals surface area contributed by atoms with Crippen molar-refractivity contribution in [3.8, 4) is 11.4 Å². The van der Waals surface area contributed by atoms with Gasteiger partial charge in [0.2, 0.25) is 0 Å². The SMILES string of the molecule is CCCCCCc1cccc(-c2nc(I)cn2C)c1. The zero-order chi connectivity index (χ0) is 13.7. The third-order valence-electron chi connectivity index (χ3n) is 3.35. The van der Waals surface area contributed by atoms with Crippen LogP contribution in [0.15, 0.2) is 30.5 Å². The first-order valence-corrected chi connectivity index (χ1v) is 8.06. The van der Waals surface area contributed by atoms with Crippen LogP contribution in [0.2, 0.25) is 0 Å². The molecule has 0 spiro atoms. The highest BCUT2D eigenvalue weighted by molar-refractivity contribution is 14.1. The second kappa shape index (κ2) is 7.08. The van der Waals surface area contributed by atoms with Crippen LogP contribution in [0.3, 0.4) is 0 Å². The van der Waals surface area contributed by atoms with E-state index in [9.17, 15) is 0 Å². The molecule has 1 aromatic carbocycles. The van der Waals surface area contributed by atoms with Gasteiger partial charge >= 0.3 is 0 Å². The van der Waals surface area contributed by atoms with Crippen molar-refractivity contribution in [1.29, 1.82) is 0 Å². The summed E-state index contributed by atoms with van der Waals surface area (Å²) in [5, 5.41) is 0. The molecule has 2 rings (SSSR count). The van der Waals surface area contributed by atoms with Gasteiger partial charge in [0.15, 0.2) is 0 Å². The van der Waals surface area contributed by atoms with Crippen molar-refractivity contribution in [2.24, 2.45) is 7.05 Å². The van der Waals surface area contributed by atoms with Crippen molar-refractivity contribution in [2.45, 2.75) is 39.0 Å². The van der Waals surface area contributed by atoms with Crippen LogP contribution in [-0.2, 0) is 13.5 Å². The average molecular weight is 368 g/mol. The number of unbranched alkanes of at least 4 members (excludes halogenated alkanes) is 3. The van der Waals surface area contributed by atoms with Gasteiger partial charge in [-0.3, -0.25) is 0 Å². The zero-order valence-electron chi connectivity index (χ0n) is 11.7. The summed E-state index contributed by atoms with van der Waals surface area (Å²) in [6.07, 6.45) is 8.50. The maximum atomic E-state index is 4.58. The fraction of sp³-hybridized carbons (Fsp3) is 0.438. The van der Waals surface area contributed by atoms with Gasteiger partial charge in [-0.15, -0.1) is 0 Å². The zero-order valence-corrected chi connectivity index (χ0v) is 13.9. The van der Waals surface area contributed by atoms with Crippen LogP contribution in [0.5, 0.6) is 0 Å². The lowest BCUT2D eigenvalue weighted by Crippen LogP contribution is -1.93. The summed E-state index contributed by atoms with van der Waals surface area (Å²) in [6.45, 7) is 2.25. The van der Waals surface area contributed by atoms with Crippen molar-refractivity contribution < 1.29 is 0 Å². The van der Waals surface area contributed by atoms with Gasteiger partial charge in [0.1, 0.15) is 9.53 Å². The first-order valence-electron chi connectivity index (χ1n) is 6.99. The molecule has 0 aliphatic heterocycles. The summed E-state index contributed by atoms with van der Waals surface area (Å²) in [7, 11) is 2.05. The van der Waals surface area contributed by atoms with Gasteiger partial charge in [0.05, 0.1) is 0 Å². The number of rotatable bonds is 6. The highest BCUT2D eigenvalue weighted by Crippen LogP contribution is 2.21. The molecule has 2 aromatic rings. The highest BCUT2D eigenvalue weighted by Gasteiger charge is 2.06. The van der Waals surface area contributed by atoms with E-state index in [1.807, 2.05) is 0 Å². The van der Waals surface area contributed by atoms with Crippen molar-refractivity contribution >= 4 is 22.6 Å². The van der Waals surface area contributed by atoms with Crippen molar-refractivity contribution in [3.05, 3.63) is 39.7 Å². The Kier molecular flexibility index (Phi) is 5.43. The third kappa shape index (κ3) is 4.06. The molecule has 0 radical (unpaired) electrons. The summed E-state index contributed by atoms with van der Waals surface area (Å²) in [6, 6.07) is 8.80. The lowest BCUT2D eigenvalue weighted by molar-refractivity contribution is 0.667. The van der Waals surface area contributed by atoms with E-state index in [0.29, 0.717) is 0 Å². The van der Waals surface area contributed by atoms with E-state index < -0.39 is 0 Å². The van der Waals surface area contributed by atoms with Crippen LogP contribution in [0.25, 0.3) is 11.4 Å². The standard InChI is InChI=1S/C16H21IN2/c1-3-4-5-6-8-13-9-7-10-14(11-13)16-18-15(17)12-19(16)2/h7,9-12H,3-6,8H2,1-2H3. The van der Waals surface area contributed by atoms with E-state index in [4.69, 9.17) is 0 Å². The fourth-order valence-electron chi connectivity index (χ4n) is 2.32. The van der Waals surface area contributed by atoms with Crippen LogP contribution >= 0.6 is 22.6 Å². The van der Waals surface area contributed by atoms with Gasteiger partial charge < -0.3 is 4.57 Å². The van der Waals surface area contributed by atoms with Gasteiger partial charge in [-0.05, 0) is 47.1 Å². The molecule has 1 heterocycles. The Hall–Kier alpha value is -0.840. The third-order valence-corrected chi connectivity index (χ3v) is 3.87. The molecule has 19 heavy (non-hydrogen) atoms. The van der Waals surface area contributed by atoms with E-state index in [1.54, 1.807) is 0 Å². The minimum absolute atomic E-state index is 1.04. The number of benzene rings is 1. The van der Waals surface area contributed by atoms with Crippen LogP contribution in [0.4, 0.5) is 0 Å². The largest absolute Gasteiger partial charge is 0.333 e. The first kappa shape index (κ1) is 14.6. The van der Waals surface area contributed by atoms with Gasteiger partial charge in [0, 0.05) is 18.8 Å². The Bertz CT molecular complexity index is 531. The Morgan fingerprint density at radius 1 is 1.21 bits per heavy atom. The summed E-state index contributed by atoms with van der Waals surface area (Å²) < 4.78 is 3.14. The molecule has 0 fully saturated rings. The Labute approximate surface area is 129 Å². The number of halogens is 1. The van der Waals surface area contributed by atoms with Crippen LogP contribution in [0, 0.1) is 3.70 Å². The molecule has 102 valence electrons. The number of aryl methyl sites for hydroxylation is 2. The minimum Gasteiger partial charge on any atom is -0.333 e. The van der Waals surface area contributed by atoms with E-state index in [2.05, 4.69) is 76.6 Å². The van der Waals surface area contributed by atoms with Gasteiger partial charge in [-0.25, -0.2) is 4.98 Å². The Morgan fingerprint density at radius 2 is 2.05 bits per heavy atom. The minimum atomic E-state index is 1.04. The van der Waals surface area contributed by atoms with E-state index >= 15 is 0 Å². The van der Waals surface area contributed by atoms with Crippen LogP contribution in [0.1, 0.15) is 38.2 Å². The fourth-order valence-corrected chi connectivity index (χ4v) is 2.97. The van der Waals surface area contributed by atoms with Crippen molar-refractivity contribution in [1.82, 2.24) is 9.55 Å². The number of hydrogen-bond acceptors (Lipinski definition) is 1. The lowest BCUT2D eigenvalue weighted by Gasteiger charge is -2.05. The molecular weight excluding hydrogens is 347 g/mol. The van der Waals surface area contributed by atoms with Crippen molar-refractivity contribution in [2.75, 3.05) is 0 Å². The average Bonchev–Trinajstić information content (AvgIpc) is 2.74. The Balaban J connectivity index is 2.09. The van der Waals surface area contributed by atoms with E-state index in [0.717, 1.165) is 9.53 Å². The number of hydrogen-bond donors (Lipinski definition) is 0.